The Morgan fingerprint density at radius 1 is 1.14 bits per heavy atom. The van der Waals surface area contributed by atoms with Gasteiger partial charge in [-0.3, -0.25) is 9.59 Å². The van der Waals surface area contributed by atoms with Crippen molar-refractivity contribution in [2.24, 2.45) is 0 Å². The number of fused-ring (bicyclic) bond motifs is 1. The maximum atomic E-state index is 13.8. The van der Waals surface area contributed by atoms with E-state index < -0.39 is 17.4 Å². The van der Waals surface area contributed by atoms with E-state index in [4.69, 9.17) is 9.47 Å². The van der Waals surface area contributed by atoms with Gasteiger partial charge in [0.15, 0.2) is 5.69 Å². The molecule has 0 spiro atoms. The summed E-state index contributed by atoms with van der Waals surface area (Å²) in [5.74, 6) is -0.457. The van der Waals surface area contributed by atoms with Crippen LogP contribution in [0.5, 0.6) is 5.75 Å². The number of esters is 1. The number of carbonyl (C=O) groups excluding carboxylic acids is 3. The minimum Gasteiger partial charge on any atom is -0.494 e. The fourth-order valence-electron chi connectivity index (χ4n) is 5.21. The largest absolute Gasteiger partial charge is 0.494 e. The number of aromatic nitrogens is 2. The number of nitrogens with zero attached hydrogens (tertiary/aromatic N) is 3. The van der Waals surface area contributed by atoms with Gasteiger partial charge in [-0.1, -0.05) is 37.8 Å². The molecule has 36 heavy (non-hydrogen) atoms. The van der Waals surface area contributed by atoms with Crippen molar-refractivity contribution in [3.8, 4) is 5.75 Å². The first-order valence-corrected chi connectivity index (χ1v) is 12.9. The van der Waals surface area contributed by atoms with Crippen molar-refractivity contribution in [2.75, 3.05) is 20.3 Å². The van der Waals surface area contributed by atoms with Gasteiger partial charge >= 0.3 is 5.97 Å². The van der Waals surface area contributed by atoms with Crippen molar-refractivity contribution in [1.29, 1.82) is 0 Å². The van der Waals surface area contributed by atoms with Gasteiger partial charge in [0.05, 0.1) is 26.6 Å². The Hall–Kier alpha value is -3.36. The molecular formula is C27H36N4O5. The fourth-order valence-corrected chi connectivity index (χ4v) is 5.21. The molecular weight excluding hydrogens is 460 g/mol. The van der Waals surface area contributed by atoms with Gasteiger partial charge < -0.3 is 24.3 Å². The van der Waals surface area contributed by atoms with Gasteiger partial charge in [0.1, 0.15) is 17.0 Å². The molecule has 1 aromatic heterocycles. The van der Waals surface area contributed by atoms with Crippen LogP contribution in [0.15, 0.2) is 30.6 Å². The Labute approximate surface area is 212 Å². The van der Waals surface area contributed by atoms with Crippen molar-refractivity contribution >= 4 is 17.8 Å². The Bertz CT molecular complexity index is 1090. The minimum atomic E-state index is -1.13. The summed E-state index contributed by atoms with van der Waals surface area (Å²) in [6.07, 6.45) is 8.45. The lowest BCUT2D eigenvalue weighted by Crippen LogP contribution is -2.65. The van der Waals surface area contributed by atoms with Gasteiger partial charge in [0, 0.05) is 12.6 Å². The van der Waals surface area contributed by atoms with E-state index in [1.807, 2.05) is 31.2 Å². The zero-order valence-electron chi connectivity index (χ0n) is 21.4. The van der Waals surface area contributed by atoms with E-state index in [-0.39, 0.29) is 29.9 Å². The van der Waals surface area contributed by atoms with Crippen LogP contribution in [0.2, 0.25) is 0 Å². The Kier molecular flexibility index (Phi) is 7.96. The lowest BCUT2D eigenvalue weighted by Gasteiger charge is -2.44. The van der Waals surface area contributed by atoms with Crippen LogP contribution in [0, 0.1) is 0 Å². The molecule has 1 aliphatic heterocycles. The number of ether oxygens (including phenoxy) is 2. The van der Waals surface area contributed by atoms with Crippen molar-refractivity contribution < 1.29 is 23.9 Å². The van der Waals surface area contributed by atoms with Crippen LogP contribution in [-0.2, 0) is 22.5 Å². The highest BCUT2D eigenvalue weighted by molar-refractivity contribution is 6.06. The van der Waals surface area contributed by atoms with Crippen LogP contribution in [0.1, 0.15) is 78.9 Å². The lowest BCUT2D eigenvalue weighted by molar-refractivity contribution is -0.133. The van der Waals surface area contributed by atoms with E-state index >= 15 is 0 Å². The summed E-state index contributed by atoms with van der Waals surface area (Å²) >= 11 is 0. The molecule has 2 aromatic rings. The highest BCUT2D eigenvalue weighted by Crippen LogP contribution is 2.30. The molecule has 0 unspecified atom stereocenters. The molecule has 0 radical (unpaired) electrons. The standard InChI is InChI=1S/C27H36N4O5/c1-4-36-21-13-11-19(12-14-21)15-16-31-24(32)23-22(25(33)35-3)28-18-30(23)17-27(31,2)26(34)29-20-9-7-5-6-8-10-20/h11-14,18,20H,4-10,15-17H2,1-3H3,(H,29,34)/t27-/m0/s1. The maximum Gasteiger partial charge on any atom is 0.359 e. The van der Waals surface area contributed by atoms with Crippen molar-refractivity contribution in [2.45, 2.75) is 76.9 Å². The molecule has 4 rings (SSSR count). The summed E-state index contributed by atoms with van der Waals surface area (Å²) in [4.78, 5) is 45.6. The van der Waals surface area contributed by atoms with Crippen molar-refractivity contribution in [1.82, 2.24) is 19.8 Å². The Morgan fingerprint density at radius 2 is 1.83 bits per heavy atom. The number of benzene rings is 1. The molecule has 2 aliphatic rings. The van der Waals surface area contributed by atoms with E-state index in [1.165, 1.54) is 26.3 Å². The molecule has 1 saturated carbocycles. The summed E-state index contributed by atoms with van der Waals surface area (Å²) in [7, 11) is 1.26. The van der Waals surface area contributed by atoms with Crippen LogP contribution in [0.25, 0.3) is 0 Å². The van der Waals surface area contributed by atoms with Gasteiger partial charge in [0.2, 0.25) is 5.91 Å². The summed E-state index contributed by atoms with van der Waals surface area (Å²) in [6, 6.07) is 7.84. The summed E-state index contributed by atoms with van der Waals surface area (Å²) in [5, 5.41) is 3.24. The van der Waals surface area contributed by atoms with Crippen LogP contribution >= 0.6 is 0 Å². The van der Waals surface area contributed by atoms with Gasteiger partial charge in [-0.2, -0.15) is 0 Å². The smallest absolute Gasteiger partial charge is 0.359 e. The van der Waals surface area contributed by atoms with Gasteiger partial charge in [-0.15, -0.1) is 0 Å². The van der Waals surface area contributed by atoms with Crippen molar-refractivity contribution in [3.05, 3.63) is 47.5 Å². The van der Waals surface area contributed by atoms with Gasteiger partial charge in [-0.25, -0.2) is 9.78 Å². The molecule has 0 saturated heterocycles. The molecule has 9 heteroatoms. The van der Waals surface area contributed by atoms with E-state index in [0.717, 1.165) is 37.0 Å². The Morgan fingerprint density at radius 3 is 2.47 bits per heavy atom. The molecule has 9 nitrogen and oxygen atoms in total. The molecule has 1 fully saturated rings. The molecule has 0 bridgehead atoms. The number of hydrogen-bond donors (Lipinski definition) is 1. The van der Waals surface area contributed by atoms with E-state index in [2.05, 4.69) is 10.3 Å². The number of carbonyl (C=O) groups is 3. The SMILES string of the molecule is CCOc1ccc(CCN2C(=O)c3c(C(=O)OC)ncn3C[C@@]2(C)C(=O)NC2CCCCCC2)cc1. The lowest BCUT2D eigenvalue weighted by atomic mass is 9.92. The predicted octanol–water partition coefficient (Wildman–Crippen LogP) is 3.36. The first kappa shape index (κ1) is 25.7. The Balaban J connectivity index is 1.61. The predicted molar refractivity (Wildman–Crippen MR) is 134 cm³/mol. The van der Waals surface area contributed by atoms with Crippen LogP contribution < -0.4 is 10.1 Å². The highest BCUT2D eigenvalue weighted by atomic mass is 16.5. The van der Waals surface area contributed by atoms with Crippen LogP contribution in [-0.4, -0.2) is 64.1 Å². The molecule has 2 amide bonds. The second-order valence-electron chi connectivity index (χ2n) is 9.78. The third-order valence-electron chi connectivity index (χ3n) is 7.28. The topological polar surface area (TPSA) is 103 Å². The second kappa shape index (κ2) is 11.1. The molecule has 1 atom stereocenters. The number of imidazole rings is 1. The molecule has 1 aliphatic carbocycles. The average Bonchev–Trinajstić information content (AvgIpc) is 3.12. The summed E-state index contributed by atoms with van der Waals surface area (Å²) < 4.78 is 12.0. The normalized spacial score (nSPS) is 20.4. The summed E-state index contributed by atoms with van der Waals surface area (Å²) in [6.45, 7) is 4.85. The second-order valence-corrected chi connectivity index (χ2v) is 9.78. The van der Waals surface area contributed by atoms with E-state index in [0.29, 0.717) is 19.6 Å². The first-order chi connectivity index (χ1) is 17.4. The van der Waals surface area contributed by atoms with Gasteiger partial charge in [0.25, 0.3) is 5.91 Å². The zero-order chi connectivity index (χ0) is 25.7. The third kappa shape index (κ3) is 5.24. The van der Waals surface area contributed by atoms with Gasteiger partial charge in [-0.05, 0) is 50.8 Å². The molecule has 2 heterocycles. The number of rotatable bonds is 8. The highest BCUT2D eigenvalue weighted by Gasteiger charge is 2.49. The number of methoxy groups -OCH3 is 1. The van der Waals surface area contributed by atoms with E-state index in [1.54, 1.807) is 16.4 Å². The number of nitrogens with one attached hydrogen (secondary N) is 1. The van der Waals surface area contributed by atoms with Crippen LogP contribution in [0.3, 0.4) is 0 Å². The zero-order valence-corrected chi connectivity index (χ0v) is 21.4. The molecule has 194 valence electrons. The quantitative estimate of drug-likeness (QED) is 0.444. The monoisotopic (exact) mass is 496 g/mol. The molecule has 1 N–H and O–H groups in total. The molecule has 1 aromatic carbocycles. The third-order valence-corrected chi connectivity index (χ3v) is 7.28. The number of amides is 2. The average molecular weight is 497 g/mol. The van der Waals surface area contributed by atoms with E-state index in [9.17, 15) is 14.4 Å². The minimum absolute atomic E-state index is 0.0280. The first-order valence-electron chi connectivity index (χ1n) is 12.9. The summed E-state index contributed by atoms with van der Waals surface area (Å²) in [5.41, 5.74) is 0.0218. The number of hydrogen-bond acceptors (Lipinski definition) is 6. The van der Waals surface area contributed by atoms with Crippen molar-refractivity contribution in [3.63, 3.8) is 0 Å². The van der Waals surface area contributed by atoms with Crippen LogP contribution in [0.4, 0.5) is 0 Å². The maximum absolute atomic E-state index is 13.8. The fraction of sp³-hybridized carbons (Fsp3) is 0.556.